The Balaban J connectivity index is 1.65. The van der Waals surface area contributed by atoms with E-state index < -0.39 is 0 Å². The van der Waals surface area contributed by atoms with E-state index in [1.54, 1.807) is 31.3 Å². The summed E-state index contributed by atoms with van der Waals surface area (Å²) in [5.74, 6) is 0.838. The Labute approximate surface area is 142 Å². The van der Waals surface area contributed by atoms with Crippen molar-refractivity contribution in [3.8, 4) is 5.75 Å². The number of guanidine groups is 1. The van der Waals surface area contributed by atoms with Gasteiger partial charge < -0.3 is 15.7 Å². The lowest BCUT2D eigenvalue weighted by molar-refractivity contribution is 0.475. The fourth-order valence-corrected chi connectivity index (χ4v) is 2.40. The highest BCUT2D eigenvalue weighted by Gasteiger charge is 2.02. The molecular weight excluding hydrogens is 305 g/mol. The predicted molar refractivity (Wildman–Crippen MR) is 95.9 cm³/mol. The first-order valence-corrected chi connectivity index (χ1v) is 8.15. The first-order valence-electron chi connectivity index (χ1n) is 8.15. The number of phenols is 1. The van der Waals surface area contributed by atoms with Crippen LogP contribution in [-0.2, 0) is 12.8 Å². The van der Waals surface area contributed by atoms with Gasteiger partial charge in [0.2, 0.25) is 0 Å². The molecule has 0 saturated carbocycles. The van der Waals surface area contributed by atoms with Crippen molar-refractivity contribution in [3.63, 3.8) is 0 Å². The minimum Gasteiger partial charge on any atom is -0.508 e. The first kappa shape index (κ1) is 17.8. The SMILES string of the molecule is CN=C(NCCCc1ccc(O)cc1)NCCc1ccccc1F. The lowest BCUT2D eigenvalue weighted by atomic mass is 10.1. The maximum absolute atomic E-state index is 13.5. The van der Waals surface area contributed by atoms with Gasteiger partial charge in [-0.1, -0.05) is 30.3 Å². The number of hydrogen-bond donors (Lipinski definition) is 3. The summed E-state index contributed by atoms with van der Waals surface area (Å²) in [5, 5.41) is 15.7. The number of rotatable bonds is 7. The monoisotopic (exact) mass is 329 g/mol. The van der Waals surface area contributed by atoms with Crippen molar-refractivity contribution in [3.05, 3.63) is 65.5 Å². The maximum atomic E-state index is 13.5. The van der Waals surface area contributed by atoms with Gasteiger partial charge in [0.15, 0.2) is 5.96 Å². The fourth-order valence-electron chi connectivity index (χ4n) is 2.40. The van der Waals surface area contributed by atoms with Gasteiger partial charge in [-0.05, 0) is 48.6 Å². The highest BCUT2D eigenvalue weighted by atomic mass is 19.1. The van der Waals surface area contributed by atoms with Crippen LogP contribution in [0.3, 0.4) is 0 Å². The molecule has 0 spiro atoms. The van der Waals surface area contributed by atoms with Crippen molar-refractivity contribution in [1.82, 2.24) is 10.6 Å². The molecule has 0 saturated heterocycles. The lowest BCUT2D eigenvalue weighted by Crippen LogP contribution is -2.38. The molecule has 0 heterocycles. The highest BCUT2D eigenvalue weighted by Crippen LogP contribution is 2.10. The Morgan fingerprint density at radius 3 is 2.42 bits per heavy atom. The molecule has 4 nitrogen and oxygen atoms in total. The van der Waals surface area contributed by atoms with Crippen molar-refractivity contribution in [2.45, 2.75) is 19.3 Å². The number of halogens is 1. The van der Waals surface area contributed by atoms with E-state index >= 15 is 0 Å². The van der Waals surface area contributed by atoms with E-state index in [2.05, 4.69) is 15.6 Å². The molecule has 0 atom stereocenters. The highest BCUT2D eigenvalue weighted by molar-refractivity contribution is 5.79. The molecular formula is C19H24FN3O. The third-order valence-corrected chi connectivity index (χ3v) is 3.74. The Kier molecular flexibility index (Phi) is 7.08. The van der Waals surface area contributed by atoms with Gasteiger partial charge in [0.1, 0.15) is 11.6 Å². The molecule has 2 aromatic carbocycles. The molecule has 0 fully saturated rings. The summed E-state index contributed by atoms with van der Waals surface area (Å²) >= 11 is 0. The van der Waals surface area contributed by atoms with Crippen LogP contribution in [0, 0.1) is 5.82 Å². The van der Waals surface area contributed by atoms with Crippen LogP contribution in [0.1, 0.15) is 17.5 Å². The number of aliphatic imine (C=N–C) groups is 1. The van der Waals surface area contributed by atoms with Crippen LogP contribution in [0.2, 0.25) is 0 Å². The van der Waals surface area contributed by atoms with Crippen LogP contribution in [0.15, 0.2) is 53.5 Å². The molecule has 128 valence electrons. The molecule has 0 amide bonds. The Morgan fingerprint density at radius 1 is 1.00 bits per heavy atom. The maximum Gasteiger partial charge on any atom is 0.190 e. The zero-order chi connectivity index (χ0) is 17.2. The van der Waals surface area contributed by atoms with Gasteiger partial charge in [0, 0.05) is 20.1 Å². The second-order valence-corrected chi connectivity index (χ2v) is 5.54. The number of nitrogens with zero attached hydrogens (tertiary/aromatic N) is 1. The molecule has 0 radical (unpaired) electrons. The molecule has 2 rings (SSSR count). The quantitative estimate of drug-likeness (QED) is 0.416. The summed E-state index contributed by atoms with van der Waals surface area (Å²) in [6.45, 7) is 1.42. The summed E-state index contributed by atoms with van der Waals surface area (Å²) < 4.78 is 13.5. The summed E-state index contributed by atoms with van der Waals surface area (Å²) in [6, 6.07) is 14.1. The van der Waals surface area contributed by atoms with Crippen molar-refractivity contribution in [2.75, 3.05) is 20.1 Å². The van der Waals surface area contributed by atoms with Gasteiger partial charge >= 0.3 is 0 Å². The van der Waals surface area contributed by atoms with Crippen LogP contribution in [-0.4, -0.2) is 31.2 Å². The second kappa shape index (κ2) is 9.55. The molecule has 0 bridgehead atoms. The zero-order valence-corrected chi connectivity index (χ0v) is 13.9. The van der Waals surface area contributed by atoms with E-state index in [1.807, 2.05) is 18.2 Å². The number of phenolic OH excluding ortho intramolecular Hbond substituents is 1. The molecule has 0 aliphatic carbocycles. The summed E-state index contributed by atoms with van der Waals surface area (Å²) in [6.07, 6.45) is 2.50. The number of benzene rings is 2. The van der Waals surface area contributed by atoms with Crippen molar-refractivity contribution < 1.29 is 9.50 Å². The molecule has 2 aromatic rings. The molecule has 0 unspecified atom stereocenters. The van der Waals surface area contributed by atoms with E-state index in [4.69, 9.17) is 0 Å². The molecule has 5 heteroatoms. The first-order chi connectivity index (χ1) is 11.7. The van der Waals surface area contributed by atoms with Gasteiger partial charge in [0.25, 0.3) is 0 Å². The van der Waals surface area contributed by atoms with E-state index in [0.29, 0.717) is 18.5 Å². The topological polar surface area (TPSA) is 56.7 Å². The van der Waals surface area contributed by atoms with E-state index in [0.717, 1.165) is 25.3 Å². The van der Waals surface area contributed by atoms with Gasteiger partial charge in [0.05, 0.1) is 0 Å². The van der Waals surface area contributed by atoms with Crippen LogP contribution in [0.5, 0.6) is 5.75 Å². The molecule has 3 N–H and O–H groups in total. The van der Waals surface area contributed by atoms with E-state index in [-0.39, 0.29) is 11.6 Å². The van der Waals surface area contributed by atoms with Gasteiger partial charge in [-0.2, -0.15) is 0 Å². The fraction of sp³-hybridized carbons (Fsp3) is 0.316. The summed E-state index contributed by atoms with van der Waals surface area (Å²) in [5.41, 5.74) is 1.89. The van der Waals surface area contributed by atoms with Crippen LogP contribution in [0.4, 0.5) is 4.39 Å². The average Bonchev–Trinajstić information content (AvgIpc) is 2.60. The van der Waals surface area contributed by atoms with E-state index in [1.165, 1.54) is 11.6 Å². The minimum atomic E-state index is -0.170. The van der Waals surface area contributed by atoms with Crippen LogP contribution >= 0.6 is 0 Å². The summed E-state index contributed by atoms with van der Waals surface area (Å²) in [7, 11) is 1.72. The average molecular weight is 329 g/mol. The zero-order valence-electron chi connectivity index (χ0n) is 13.9. The van der Waals surface area contributed by atoms with Crippen LogP contribution < -0.4 is 10.6 Å². The van der Waals surface area contributed by atoms with Crippen LogP contribution in [0.25, 0.3) is 0 Å². The molecule has 0 aromatic heterocycles. The number of nitrogens with one attached hydrogen (secondary N) is 2. The Morgan fingerprint density at radius 2 is 1.71 bits per heavy atom. The smallest absolute Gasteiger partial charge is 0.190 e. The Bertz CT molecular complexity index is 656. The molecule has 24 heavy (non-hydrogen) atoms. The standard InChI is InChI=1S/C19H24FN3O/c1-21-19(23-14-12-16-6-2-3-7-18(16)20)22-13-4-5-15-8-10-17(24)11-9-15/h2-3,6-11,24H,4-5,12-14H2,1H3,(H2,21,22,23). The van der Waals surface area contributed by atoms with Crippen molar-refractivity contribution >= 4 is 5.96 Å². The lowest BCUT2D eigenvalue weighted by Gasteiger charge is -2.12. The van der Waals surface area contributed by atoms with Crippen molar-refractivity contribution in [2.24, 2.45) is 4.99 Å². The molecule has 0 aliphatic rings. The number of aromatic hydroxyl groups is 1. The number of hydrogen-bond acceptors (Lipinski definition) is 2. The van der Waals surface area contributed by atoms with Gasteiger partial charge in [-0.15, -0.1) is 0 Å². The van der Waals surface area contributed by atoms with E-state index in [9.17, 15) is 9.50 Å². The largest absolute Gasteiger partial charge is 0.508 e. The number of aryl methyl sites for hydroxylation is 1. The molecule has 0 aliphatic heterocycles. The normalized spacial score (nSPS) is 11.3. The third-order valence-electron chi connectivity index (χ3n) is 3.74. The Hall–Kier alpha value is -2.56. The predicted octanol–water partition coefficient (Wildman–Crippen LogP) is 2.87. The third kappa shape index (κ3) is 5.91. The van der Waals surface area contributed by atoms with Crippen molar-refractivity contribution in [1.29, 1.82) is 0 Å². The summed E-state index contributed by atoms with van der Waals surface area (Å²) in [4.78, 5) is 4.17. The minimum absolute atomic E-state index is 0.170. The van der Waals surface area contributed by atoms with Gasteiger partial charge in [-0.3, -0.25) is 4.99 Å². The van der Waals surface area contributed by atoms with Gasteiger partial charge in [-0.25, -0.2) is 4.39 Å². The second-order valence-electron chi connectivity index (χ2n) is 5.54.